The summed E-state index contributed by atoms with van der Waals surface area (Å²) in [7, 11) is 0. The first-order valence-corrected chi connectivity index (χ1v) is 10.2. The lowest BCUT2D eigenvalue weighted by Crippen LogP contribution is -2.48. The molecule has 1 aliphatic rings. The monoisotopic (exact) mass is 394 g/mol. The number of carbonyl (C=O) groups excluding carboxylic acids is 2. The average molecular weight is 395 g/mol. The molecule has 0 saturated carbocycles. The van der Waals surface area contributed by atoms with Crippen molar-refractivity contribution in [3.8, 4) is 5.75 Å². The molecule has 0 aliphatic carbocycles. The van der Waals surface area contributed by atoms with Gasteiger partial charge >= 0.3 is 0 Å². The highest BCUT2D eigenvalue weighted by atomic mass is 16.5. The normalized spacial score (nSPS) is 14.5. The van der Waals surface area contributed by atoms with Gasteiger partial charge < -0.3 is 15.0 Å². The topological polar surface area (TPSA) is 58.6 Å². The lowest BCUT2D eigenvalue weighted by Gasteiger charge is -2.32. The van der Waals surface area contributed by atoms with E-state index in [9.17, 15) is 9.59 Å². The highest BCUT2D eigenvalue weighted by Crippen LogP contribution is 2.25. The van der Waals surface area contributed by atoms with Crippen LogP contribution >= 0.6 is 0 Å². The third-order valence-electron chi connectivity index (χ3n) is 5.63. The lowest BCUT2D eigenvalue weighted by atomic mass is 10.0. The number of aryl methyl sites for hydroxylation is 2. The highest BCUT2D eigenvalue weighted by molar-refractivity contribution is 5.79. The largest absolute Gasteiger partial charge is 0.483 e. The van der Waals surface area contributed by atoms with Crippen LogP contribution < -0.4 is 10.1 Å². The second-order valence-corrected chi connectivity index (χ2v) is 7.83. The quantitative estimate of drug-likeness (QED) is 0.818. The number of ether oxygens (including phenoxy) is 1. The van der Waals surface area contributed by atoms with Crippen molar-refractivity contribution >= 4 is 11.8 Å². The number of amides is 2. The van der Waals surface area contributed by atoms with Crippen LogP contribution in [0.3, 0.4) is 0 Å². The molecule has 0 atom stereocenters. The van der Waals surface area contributed by atoms with Gasteiger partial charge in [0.25, 0.3) is 5.91 Å². The Morgan fingerprint density at radius 3 is 2.34 bits per heavy atom. The summed E-state index contributed by atoms with van der Waals surface area (Å²) in [6.07, 6.45) is 1.94. The number of rotatable bonds is 6. The minimum atomic E-state index is -0.000585. The Bertz CT molecular complexity index is 856. The maximum atomic E-state index is 12.6. The summed E-state index contributed by atoms with van der Waals surface area (Å²) in [4.78, 5) is 26.6. The Hall–Kier alpha value is -2.82. The molecule has 2 amide bonds. The molecule has 29 heavy (non-hydrogen) atoms. The van der Waals surface area contributed by atoms with Crippen molar-refractivity contribution in [3.63, 3.8) is 0 Å². The smallest absolute Gasteiger partial charge is 0.260 e. The maximum Gasteiger partial charge on any atom is 0.260 e. The van der Waals surface area contributed by atoms with E-state index in [1.54, 1.807) is 0 Å². The molecule has 2 aromatic rings. The van der Waals surface area contributed by atoms with Crippen LogP contribution in [0.15, 0.2) is 42.5 Å². The van der Waals surface area contributed by atoms with Crippen LogP contribution in [0.5, 0.6) is 5.75 Å². The number of likely N-dealkylation sites (tertiary alicyclic amines) is 1. The molecule has 5 heteroatoms. The van der Waals surface area contributed by atoms with Crippen molar-refractivity contribution in [2.75, 3.05) is 19.7 Å². The molecule has 1 saturated heterocycles. The number of hydrogen-bond donors (Lipinski definition) is 1. The zero-order valence-corrected chi connectivity index (χ0v) is 17.5. The van der Waals surface area contributed by atoms with Gasteiger partial charge in [0, 0.05) is 19.1 Å². The van der Waals surface area contributed by atoms with Gasteiger partial charge in [-0.05, 0) is 55.9 Å². The van der Waals surface area contributed by atoms with E-state index in [1.165, 1.54) is 0 Å². The Labute approximate surface area is 173 Å². The van der Waals surface area contributed by atoms with Crippen molar-refractivity contribution in [2.45, 2.75) is 46.1 Å². The first-order valence-electron chi connectivity index (χ1n) is 10.2. The number of hydrogen-bond acceptors (Lipinski definition) is 3. The molecular formula is C24H30N2O3. The van der Waals surface area contributed by atoms with Crippen LogP contribution in [0, 0.1) is 20.8 Å². The molecule has 2 aromatic carbocycles. The van der Waals surface area contributed by atoms with Crippen molar-refractivity contribution < 1.29 is 14.3 Å². The zero-order chi connectivity index (χ0) is 20.8. The predicted molar refractivity (Wildman–Crippen MR) is 114 cm³/mol. The molecule has 0 unspecified atom stereocenters. The summed E-state index contributed by atoms with van der Waals surface area (Å²) >= 11 is 0. The number of nitrogens with zero attached hydrogens (tertiary/aromatic N) is 1. The van der Waals surface area contributed by atoms with Crippen LogP contribution in [0.1, 0.15) is 35.1 Å². The summed E-state index contributed by atoms with van der Waals surface area (Å²) in [5, 5.41) is 3.10. The van der Waals surface area contributed by atoms with Gasteiger partial charge in [0.2, 0.25) is 5.91 Å². The van der Waals surface area contributed by atoms with E-state index < -0.39 is 0 Å². The van der Waals surface area contributed by atoms with Crippen LogP contribution in [0.25, 0.3) is 0 Å². The van der Waals surface area contributed by atoms with Crippen molar-refractivity contribution in [2.24, 2.45) is 0 Å². The van der Waals surface area contributed by atoms with E-state index in [2.05, 4.69) is 11.4 Å². The molecule has 5 nitrogen and oxygen atoms in total. The van der Waals surface area contributed by atoms with E-state index in [0.29, 0.717) is 19.5 Å². The predicted octanol–water partition coefficient (Wildman–Crippen LogP) is 3.34. The average Bonchev–Trinajstić information content (AvgIpc) is 2.72. The molecule has 3 rings (SSSR count). The fourth-order valence-corrected chi connectivity index (χ4v) is 3.71. The van der Waals surface area contributed by atoms with Gasteiger partial charge in [0.05, 0.1) is 6.42 Å². The summed E-state index contributed by atoms with van der Waals surface area (Å²) in [5.74, 6) is 0.843. The maximum absolute atomic E-state index is 12.6. The SMILES string of the molecule is Cc1ccc(C)c(OCC(=O)N2CCC(NC(=O)Cc3ccccc3)CC2)c1C. The highest BCUT2D eigenvalue weighted by Gasteiger charge is 2.24. The molecule has 1 fully saturated rings. The van der Waals surface area contributed by atoms with Crippen LogP contribution in [0.4, 0.5) is 0 Å². The van der Waals surface area contributed by atoms with Crippen molar-refractivity contribution in [3.05, 3.63) is 64.7 Å². The first kappa shape index (κ1) is 20.9. The van der Waals surface area contributed by atoms with Crippen molar-refractivity contribution in [1.29, 1.82) is 0 Å². The molecular weight excluding hydrogens is 364 g/mol. The van der Waals surface area contributed by atoms with Gasteiger partial charge in [-0.3, -0.25) is 9.59 Å². The Morgan fingerprint density at radius 1 is 1.00 bits per heavy atom. The lowest BCUT2D eigenvalue weighted by molar-refractivity contribution is -0.134. The van der Waals surface area contributed by atoms with Gasteiger partial charge in [0.1, 0.15) is 5.75 Å². The third-order valence-corrected chi connectivity index (χ3v) is 5.63. The van der Waals surface area contributed by atoms with E-state index in [0.717, 1.165) is 40.8 Å². The minimum absolute atomic E-state index is 0.000585. The van der Waals surface area contributed by atoms with Crippen LogP contribution in [0.2, 0.25) is 0 Å². The molecule has 0 radical (unpaired) electrons. The van der Waals surface area contributed by atoms with E-state index in [1.807, 2.05) is 62.1 Å². The molecule has 0 bridgehead atoms. The third kappa shape index (κ3) is 5.59. The van der Waals surface area contributed by atoms with E-state index in [-0.39, 0.29) is 24.5 Å². The second-order valence-electron chi connectivity index (χ2n) is 7.83. The molecule has 1 heterocycles. The van der Waals surface area contributed by atoms with Gasteiger partial charge in [-0.2, -0.15) is 0 Å². The first-order chi connectivity index (χ1) is 13.9. The molecule has 154 valence electrons. The van der Waals surface area contributed by atoms with Gasteiger partial charge in [0.15, 0.2) is 6.61 Å². The fourth-order valence-electron chi connectivity index (χ4n) is 3.71. The summed E-state index contributed by atoms with van der Waals surface area (Å²) in [6, 6.07) is 13.9. The Balaban J connectivity index is 1.44. The summed E-state index contributed by atoms with van der Waals surface area (Å²) in [6.45, 7) is 7.40. The van der Waals surface area contributed by atoms with Crippen LogP contribution in [-0.4, -0.2) is 42.5 Å². The number of piperidine rings is 1. The van der Waals surface area contributed by atoms with Crippen molar-refractivity contribution in [1.82, 2.24) is 10.2 Å². The van der Waals surface area contributed by atoms with Crippen LogP contribution in [-0.2, 0) is 16.0 Å². The van der Waals surface area contributed by atoms with Gasteiger partial charge in [-0.1, -0.05) is 42.5 Å². The number of carbonyl (C=O) groups is 2. The molecule has 1 aliphatic heterocycles. The number of benzene rings is 2. The summed E-state index contributed by atoms with van der Waals surface area (Å²) in [5.41, 5.74) is 4.29. The van der Waals surface area contributed by atoms with E-state index >= 15 is 0 Å². The number of nitrogens with one attached hydrogen (secondary N) is 1. The standard InChI is InChI=1S/C24H30N2O3/c1-17-9-10-18(2)24(19(17)3)29-16-23(28)26-13-11-21(12-14-26)25-22(27)15-20-7-5-4-6-8-20/h4-10,21H,11-16H2,1-3H3,(H,25,27). The Morgan fingerprint density at radius 2 is 1.66 bits per heavy atom. The summed E-state index contributed by atoms with van der Waals surface area (Å²) < 4.78 is 5.86. The molecule has 0 spiro atoms. The Kier molecular flexibility index (Phi) is 6.91. The van der Waals surface area contributed by atoms with Gasteiger partial charge in [-0.25, -0.2) is 0 Å². The van der Waals surface area contributed by atoms with Gasteiger partial charge in [-0.15, -0.1) is 0 Å². The molecule has 0 aromatic heterocycles. The van der Waals surface area contributed by atoms with E-state index in [4.69, 9.17) is 4.74 Å². The minimum Gasteiger partial charge on any atom is -0.483 e. The molecule has 1 N–H and O–H groups in total. The second kappa shape index (κ2) is 9.59. The zero-order valence-electron chi connectivity index (χ0n) is 17.5. The fraction of sp³-hybridized carbons (Fsp3) is 0.417.